The molecule has 1 amide bonds. The van der Waals surface area contributed by atoms with Gasteiger partial charge in [0.1, 0.15) is 11.6 Å². The molecule has 5 nitrogen and oxygen atoms in total. The molecule has 0 aliphatic carbocycles. The molecule has 2 aromatic rings. The number of benzene rings is 1. The summed E-state index contributed by atoms with van der Waals surface area (Å²) in [6, 6.07) is 4.04. The predicted octanol–water partition coefficient (Wildman–Crippen LogP) is 3.34. The normalized spacial score (nSPS) is 12.1. The van der Waals surface area contributed by atoms with Crippen molar-refractivity contribution in [3.05, 3.63) is 39.9 Å². The van der Waals surface area contributed by atoms with E-state index >= 15 is 0 Å². The number of nitrogens with zero attached hydrogens (tertiary/aromatic N) is 2. The molecule has 0 radical (unpaired) electrons. The van der Waals surface area contributed by atoms with E-state index in [4.69, 9.17) is 4.74 Å². The number of ether oxygens (including phenoxy) is 1. The van der Waals surface area contributed by atoms with Crippen LogP contribution in [0.2, 0.25) is 0 Å². The van der Waals surface area contributed by atoms with E-state index in [0.29, 0.717) is 15.9 Å². The van der Waals surface area contributed by atoms with Gasteiger partial charge in [0.15, 0.2) is 6.10 Å². The first-order valence-corrected chi connectivity index (χ1v) is 7.51. The molecule has 0 fully saturated rings. The van der Waals surface area contributed by atoms with Crippen molar-refractivity contribution in [3.8, 4) is 5.75 Å². The highest BCUT2D eigenvalue weighted by molar-refractivity contribution is 9.10. The second-order valence-electron chi connectivity index (χ2n) is 4.99. The van der Waals surface area contributed by atoms with Gasteiger partial charge in [-0.1, -0.05) is 0 Å². The Bertz CT molecular complexity index is 715. The van der Waals surface area contributed by atoms with Crippen LogP contribution in [0, 0.1) is 19.7 Å². The van der Waals surface area contributed by atoms with Crippen molar-refractivity contribution in [2.75, 3.05) is 5.32 Å². The molecular formula is C15H17BrFN3O2. The quantitative estimate of drug-likeness (QED) is 0.898. The van der Waals surface area contributed by atoms with E-state index in [1.807, 2.05) is 20.9 Å². The van der Waals surface area contributed by atoms with Crippen LogP contribution >= 0.6 is 15.9 Å². The number of aryl methyl sites for hydroxylation is 2. The molecule has 0 bridgehead atoms. The van der Waals surface area contributed by atoms with E-state index in [-0.39, 0.29) is 11.7 Å². The number of hydrogen-bond donors (Lipinski definition) is 1. The molecule has 1 aromatic carbocycles. The fourth-order valence-electron chi connectivity index (χ4n) is 1.99. The molecule has 7 heteroatoms. The molecule has 1 atom stereocenters. The van der Waals surface area contributed by atoms with Crippen LogP contribution in [-0.2, 0) is 11.8 Å². The Kier molecular flexibility index (Phi) is 4.85. The summed E-state index contributed by atoms with van der Waals surface area (Å²) in [4.78, 5) is 12.2. The first-order valence-electron chi connectivity index (χ1n) is 6.72. The Morgan fingerprint density at radius 2 is 2.14 bits per heavy atom. The first kappa shape index (κ1) is 16.5. The number of carbonyl (C=O) groups excluding carboxylic acids is 1. The van der Waals surface area contributed by atoms with Crippen LogP contribution in [0.5, 0.6) is 5.75 Å². The van der Waals surface area contributed by atoms with Gasteiger partial charge in [0.05, 0.1) is 21.5 Å². The molecule has 22 heavy (non-hydrogen) atoms. The lowest BCUT2D eigenvalue weighted by Crippen LogP contribution is -2.30. The van der Waals surface area contributed by atoms with Crippen LogP contribution in [0.3, 0.4) is 0 Å². The van der Waals surface area contributed by atoms with Crippen LogP contribution in [0.25, 0.3) is 0 Å². The third kappa shape index (κ3) is 3.47. The zero-order valence-corrected chi connectivity index (χ0v) is 14.4. The lowest BCUT2D eigenvalue weighted by molar-refractivity contribution is -0.122. The molecule has 1 N–H and O–H groups in total. The highest BCUT2D eigenvalue weighted by Gasteiger charge is 2.19. The van der Waals surface area contributed by atoms with Crippen molar-refractivity contribution in [1.82, 2.24) is 9.78 Å². The zero-order valence-electron chi connectivity index (χ0n) is 12.8. The van der Waals surface area contributed by atoms with Crippen molar-refractivity contribution in [2.45, 2.75) is 26.9 Å². The molecule has 0 saturated carbocycles. The van der Waals surface area contributed by atoms with E-state index in [1.165, 1.54) is 18.2 Å². The zero-order chi connectivity index (χ0) is 16.4. The average Bonchev–Trinajstić information content (AvgIpc) is 2.68. The second-order valence-corrected chi connectivity index (χ2v) is 5.85. The van der Waals surface area contributed by atoms with Crippen LogP contribution in [0.15, 0.2) is 22.7 Å². The fraction of sp³-hybridized carbons (Fsp3) is 0.333. The molecule has 118 valence electrons. The van der Waals surface area contributed by atoms with Crippen LogP contribution in [-0.4, -0.2) is 21.8 Å². The minimum atomic E-state index is -0.735. The Morgan fingerprint density at radius 3 is 2.68 bits per heavy atom. The minimum absolute atomic E-state index is 0.296. The summed E-state index contributed by atoms with van der Waals surface area (Å²) in [5, 5.41) is 7.06. The molecule has 0 aliphatic rings. The number of rotatable bonds is 4. The van der Waals surface area contributed by atoms with Gasteiger partial charge in [0.25, 0.3) is 5.91 Å². The Balaban J connectivity index is 2.09. The van der Waals surface area contributed by atoms with Gasteiger partial charge >= 0.3 is 0 Å². The van der Waals surface area contributed by atoms with Crippen LogP contribution in [0.4, 0.5) is 10.1 Å². The highest BCUT2D eigenvalue weighted by Crippen LogP contribution is 2.27. The van der Waals surface area contributed by atoms with Gasteiger partial charge in [-0.3, -0.25) is 9.48 Å². The maximum absolute atomic E-state index is 13.0. The standard InChI is InChI=1S/C15H17BrFN3O2/c1-8-14(9(2)20(4)19-8)18-15(21)10(3)22-13-6-5-11(17)7-12(13)16/h5-7,10H,1-4H3,(H,18,21)/t10-/m0/s1. The van der Waals surface area contributed by atoms with Gasteiger partial charge in [-0.2, -0.15) is 5.10 Å². The molecule has 0 saturated heterocycles. The predicted molar refractivity (Wildman–Crippen MR) is 85.5 cm³/mol. The molecule has 0 unspecified atom stereocenters. The first-order chi connectivity index (χ1) is 10.3. The summed E-state index contributed by atoms with van der Waals surface area (Å²) in [7, 11) is 1.81. The van der Waals surface area contributed by atoms with Gasteiger partial charge in [-0.25, -0.2) is 4.39 Å². The number of carbonyl (C=O) groups is 1. The lowest BCUT2D eigenvalue weighted by atomic mass is 10.2. The SMILES string of the molecule is Cc1nn(C)c(C)c1NC(=O)[C@H](C)Oc1ccc(F)cc1Br. The van der Waals surface area contributed by atoms with Gasteiger partial charge < -0.3 is 10.1 Å². The molecule has 0 aliphatic heterocycles. The Labute approximate surface area is 136 Å². The second kappa shape index (κ2) is 6.48. The van der Waals surface area contributed by atoms with E-state index in [1.54, 1.807) is 11.6 Å². The smallest absolute Gasteiger partial charge is 0.265 e. The minimum Gasteiger partial charge on any atom is -0.480 e. The van der Waals surface area contributed by atoms with E-state index < -0.39 is 6.10 Å². The number of halogens is 2. The van der Waals surface area contributed by atoms with E-state index in [2.05, 4.69) is 26.3 Å². The Hall–Kier alpha value is -1.89. The van der Waals surface area contributed by atoms with Gasteiger partial charge in [0.2, 0.25) is 0 Å². The number of anilines is 1. The van der Waals surface area contributed by atoms with Crippen LogP contribution in [0.1, 0.15) is 18.3 Å². The maximum Gasteiger partial charge on any atom is 0.265 e. The van der Waals surface area contributed by atoms with Crippen molar-refractivity contribution < 1.29 is 13.9 Å². The van der Waals surface area contributed by atoms with Gasteiger partial charge in [0, 0.05) is 7.05 Å². The van der Waals surface area contributed by atoms with Crippen molar-refractivity contribution in [1.29, 1.82) is 0 Å². The fourth-order valence-corrected chi connectivity index (χ4v) is 2.44. The topological polar surface area (TPSA) is 56.2 Å². The van der Waals surface area contributed by atoms with Gasteiger partial charge in [-0.05, 0) is 54.9 Å². The summed E-state index contributed by atoms with van der Waals surface area (Å²) in [6.07, 6.45) is -0.735. The van der Waals surface area contributed by atoms with Crippen molar-refractivity contribution in [3.63, 3.8) is 0 Å². The lowest BCUT2D eigenvalue weighted by Gasteiger charge is -2.16. The molecule has 1 aromatic heterocycles. The summed E-state index contributed by atoms with van der Waals surface area (Å²) >= 11 is 3.21. The highest BCUT2D eigenvalue weighted by atomic mass is 79.9. The third-order valence-electron chi connectivity index (χ3n) is 3.32. The Morgan fingerprint density at radius 1 is 1.45 bits per heavy atom. The summed E-state index contributed by atoms with van der Waals surface area (Å²) < 4.78 is 20.8. The molecule has 1 heterocycles. The maximum atomic E-state index is 13.0. The summed E-state index contributed by atoms with van der Waals surface area (Å²) in [6.45, 7) is 5.33. The number of nitrogens with one attached hydrogen (secondary N) is 1. The molecular weight excluding hydrogens is 353 g/mol. The number of amides is 1. The summed E-state index contributed by atoms with van der Waals surface area (Å²) in [5.74, 6) is -0.267. The third-order valence-corrected chi connectivity index (χ3v) is 3.94. The molecule has 2 rings (SSSR count). The summed E-state index contributed by atoms with van der Waals surface area (Å²) in [5.41, 5.74) is 2.28. The van der Waals surface area contributed by atoms with E-state index in [9.17, 15) is 9.18 Å². The largest absolute Gasteiger partial charge is 0.480 e. The van der Waals surface area contributed by atoms with Crippen molar-refractivity contribution >= 4 is 27.5 Å². The number of aromatic nitrogens is 2. The molecule has 0 spiro atoms. The van der Waals surface area contributed by atoms with Gasteiger partial charge in [-0.15, -0.1) is 0 Å². The average molecular weight is 370 g/mol. The number of hydrogen-bond acceptors (Lipinski definition) is 3. The monoisotopic (exact) mass is 369 g/mol. The van der Waals surface area contributed by atoms with Crippen molar-refractivity contribution in [2.24, 2.45) is 7.05 Å². The van der Waals surface area contributed by atoms with E-state index in [0.717, 1.165) is 11.4 Å². The van der Waals surface area contributed by atoms with Crippen LogP contribution < -0.4 is 10.1 Å².